The van der Waals surface area contributed by atoms with Crippen molar-refractivity contribution < 1.29 is 5.11 Å². The molecule has 0 radical (unpaired) electrons. The summed E-state index contributed by atoms with van der Waals surface area (Å²) in [4.78, 5) is 9.60. The number of anilines is 1. The highest BCUT2D eigenvalue weighted by Crippen LogP contribution is 2.27. The van der Waals surface area contributed by atoms with E-state index >= 15 is 0 Å². The Hall–Kier alpha value is -0.770. The monoisotopic (exact) mass is 549 g/mol. The molecule has 0 bridgehead atoms. The predicted octanol–water partition coefficient (Wildman–Crippen LogP) is 3.33. The second-order valence-corrected chi connectivity index (χ2v) is 8.48. The minimum atomic E-state index is -0.102. The third-order valence-electron chi connectivity index (χ3n) is 5.76. The van der Waals surface area contributed by atoms with E-state index in [9.17, 15) is 5.11 Å². The van der Waals surface area contributed by atoms with Crippen molar-refractivity contribution in [3.8, 4) is 0 Å². The fourth-order valence-electron chi connectivity index (χ4n) is 4.16. The van der Waals surface area contributed by atoms with Crippen LogP contribution < -0.4 is 15.5 Å². The van der Waals surface area contributed by atoms with Gasteiger partial charge in [-0.05, 0) is 57.7 Å². The van der Waals surface area contributed by atoms with Crippen LogP contribution in [-0.2, 0) is 0 Å². The van der Waals surface area contributed by atoms with E-state index in [-0.39, 0.29) is 30.1 Å². The van der Waals surface area contributed by atoms with Gasteiger partial charge in [0, 0.05) is 45.3 Å². The number of piperidine rings is 2. The van der Waals surface area contributed by atoms with Gasteiger partial charge in [-0.3, -0.25) is 4.99 Å². The number of nitrogens with zero attached hydrogens (tertiary/aromatic N) is 3. The number of hydrogen-bond donors (Lipinski definition) is 3. The average molecular weight is 550 g/mol. The summed E-state index contributed by atoms with van der Waals surface area (Å²) in [5.41, 5.74) is 1.12. The Morgan fingerprint density at radius 3 is 2.70 bits per heavy atom. The van der Waals surface area contributed by atoms with Crippen LogP contribution in [0.1, 0.15) is 39.0 Å². The van der Waals surface area contributed by atoms with E-state index in [0.717, 1.165) is 94.6 Å². The van der Waals surface area contributed by atoms with Gasteiger partial charge >= 0.3 is 0 Å². The van der Waals surface area contributed by atoms with E-state index in [1.165, 1.54) is 0 Å². The van der Waals surface area contributed by atoms with Gasteiger partial charge in [0.25, 0.3) is 0 Å². The van der Waals surface area contributed by atoms with Crippen LogP contribution in [0.5, 0.6) is 0 Å². The van der Waals surface area contributed by atoms with E-state index in [2.05, 4.69) is 33.4 Å². The third kappa shape index (κ3) is 8.05. The molecule has 170 valence electrons. The van der Waals surface area contributed by atoms with Gasteiger partial charge in [0.05, 0.1) is 16.8 Å². The number of aliphatic hydroxyl groups excluding tert-OH is 1. The van der Waals surface area contributed by atoms with Gasteiger partial charge in [0.15, 0.2) is 5.96 Å². The van der Waals surface area contributed by atoms with Crippen LogP contribution in [0.2, 0.25) is 5.02 Å². The number of aliphatic hydroxyl groups is 1. The highest BCUT2D eigenvalue weighted by molar-refractivity contribution is 14.0. The van der Waals surface area contributed by atoms with Gasteiger partial charge in [0.1, 0.15) is 0 Å². The van der Waals surface area contributed by atoms with E-state index in [1.807, 2.05) is 18.2 Å². The number of aliphatic imine (C=N–C) groups is 1. The molecule has 2 aliphatic heterocycles. The normalized spacial score (nSPS) is 21.2. The van der Waals surface area contributed by atoms with Crippen LogP contribution >= 0.6 is 35.6 Å². The summed E-state index contributed by atoms with van der Waals surface area (Å²) in [6.07, 6.45) is 5.02. The molecule has 1 aromatic carbocycles. The average Bonchev–Trinajstić information content (AvgIpc) is 2.73. The van der Waals surface area contributed by atoms with E-state index in [1.54, 1.807) is 0 Å². The summed E-state index contributed by atoms with van der Waals surface area (Å²) < 4.78 is 0. The molecule has 3 N–H and O–H groups in total. The molecule has 1 unspecified atom stereocenters. The van der Waals surface area contributed by atoms with Crippen molar-refractivity contribution in [2.24, 2.45) is 4.99 Å². The maximum Gasteiger partial charge on any atom is 0.191 e. The molecule has 8 heteroatoms. The summed E-state index contributed by atoms with van der Waals surface area (Å²) >= 11 is 6.40. The Labute approximate surface area is 203 Å². The standard InChI is InChI=1S/C22H36ClN5O.HI/c1-2-24-22(25-12-6-13-27-15-10-19(29)11-16-27)26-18-7-5-14-28(17-18)21-9-4-3-8-20(21)23;/h3-4,8-9,18-19,29H,2,5-7,10-17H2,1H3,(H2,24,25,26);1H. The van der Waals surface area contributed by atoms with E-state index in [0.29, 0.717) is 6.04 Å². The van der Waals surface area contributed by atoms with Crippen molar-refractivity contribution in [1.29, 1.82) is 0 Å². The van der Waals surface area contributed by atoms with Crippen LogP contribution in [-0.4, -0.2) is 73.9 Å². The first-order valence-electron chi connectivity index (χ1n) is 11.1. The highest BCUT2D eigenvalue weighted by Gasteiger charge is 2.22. The second-order valence-electron chi connectivity index (χ2n) is 8.07. The molecular weight excluding hydrogens is 513 g/mol. The molecule has 0 spiro atoms. The SMILES string of the molecule is CCNC(=NCCCN1CCC(O)CC1)NC1CCCN(c2ccccc2Cl)C1.I. The molecule has 2 fully saturated rings. The molecule has 0 amide bonds. The predicted molar refractivity (Wildman–Crippen MR) is 138 cm³/mol. The zero-order valence-corrected chi connectivity index (χ0v) is 21.1. The largest absolute Gasteiger partial charge is 0.393 e. The van der Waals surface area contributed by atoms with Crippen molar-refractivity contribution >= 4 is 47.2 Å². The molecule has 30 heavy (non-hydrogen) atoms. The summed E-state index contributed by atoms with van der Waals surface area (Å²) in [6, 6.07) is 8.45. The van der Waals surface area contributed by atoms with Gasteiger partial charge in [-0.15, -0.1) is 24.0 Å². The van der Waals surface area contributed by atoms with Crippen molar-refractivity contribution in [2.45, 2.75) is 51.2 Å². The van der Waals surface area contributed by atoms with Crippen LogP contribution in [0, 0.1) is 0 Å². The van der Waals surface area contributed by atoms with Gasteiger partial charge in [-0.2, -0.15) is 0 Å². The lowest BCUT2D eigenvalue weighted by Crippen LogP contribution is -2.51. The van der Waals surface area contributed by atoms with Crippen molar-refractivity contribution in [3.05, 3.63) is 29.3 Å². The van der Waals surface area contributed by atoms with Crippen molar-refractivity contribution in [1.82, 2.24) is 15.5 Å². The molecule has 2 heterocycles. The fourth-order valence-corrected chi connectivity index (χ4v) is 4.42. The van der Waals surface area contributed by atoms with Crippen molar-refractivity contribution in [3.63, 3.8) is 0 Å². The third-order valence-corrected chi connectivity index (χ3v) is 6.08. The first-order chi connectivity index (χ1) is 14.2. The zero-order valence-electron chi connectivity index (χ0n) is 18.0. The Kier molecular flexibility index (Phi) is 11.6. The van der Waals surface area contributed by atoms with Gasteiger partial charge in [-0.1, -0.05) is 23.7 Å². The molecule has 1 aromatic rings. The molecule has 1 atom stereocenters. The molecule has 0 saturated carbocycles. The summed E-state index contributed by atoms with van der Waals surface area (Å²) in [5, 5.41) is 17.5. The topological polar surface area (TPSA) is 63.1 Å². The molecule has 2 saturated heterocycles. The maximum absolute atomic E-state index is 9.62. The number of guanidine groups is 1. The quantitative estimate of drug-likeness (QED) is 0.211. The Bertz CT molecular complexity index is 654. The van der Waals surface area contributed by atoms with Gasteiger partial charge < -0.3 is 25.5 Å². The lowest BCUT2D eigenvalue weighted by atomic mass is 10.0. The van der Waals surface area contributed by atoms with Crippen LogP contribution in [0.15, 0.2) is 29.3 Å². The smallest absolute Gasteiger partial charge is 0.191 e. The Morgan fingerprint density at radius 1 is 1.20 bits per heavy atom. The molecule has 6 nitrogen and oxygen atoms in total. The maximum atomic E-state index is 9.62. The number of rotatable bonds is 7. The van der Waals surface area contributed by atoms with Crippen molar-refractivity contribution in [2.75, 3.05) is 50.7 Å². The summed E-state index contributed by atoms with van der Waals surface area (Å²) in [5.74, 6) is 0.910. The number of benzene rings is 1. The fraction of sp³-hybridized carbons (Fsp3) is 0.682. The molecule has 0 aliphatic carbocycles. The number of para-hydroxylation sites is 1. The summed E-state index contributed by atoms with van der Waals surface area (Å²) in [7, 11) is 0. The van der Waals surface area contributed by atoms with Gasteiger partial charge in [0.2, 0.25) is 0 Å². The molecule has 0 aromatic heterocycles. The van der Waals surface area contributed by atoms with Crippen LogP contribution in [0.3, 0.4) is 0 Å². The summed E-state index contributed by atoms with van der Waals surface area (Å²) in [6.45, 7) is 8.81. The van der Waals surface area contributed by atoms with Crippen LogP contribution in [0.4, 0.5) is 5.69 Å². The lowest BCUT2D eigenvalue weighted by Gasteiger charge is -2.35. The zero-order chi connectivity index (χ0) is 20.5. The lowest BCUT2D eigenvalue weighted by molar-refractivity contribution is 0.0824. The highest BCUT2D eigenvalue weighted by atomic mass is 127. The number of halogens is 2. The number of likely N-dealkylation sites (tertiary alicyclic amines) is 1. The second kappa shape index (κ2) is 13.6. The number of nitrogens with one attached hydrogen (secondary N) is 2. The Morgan fingerprint density at radius 2 is 1.97 bits per heavy atom. The minimum Gasteiger partial charge on any atom is -0.393 e. The van der Waals surface area contributed by atoms with E-state index in [4.69, 9.17) is 16.6 Å². The first kappa shape index (κ1) is 25.5. The molecular formula is C22H37ClIN5O. The van der Waals surface area contributed by atoms with Crippen LogP contribution in [0.25, 0.3) is 0 Å². The molecule has 2 aliphatic rings. The minimum absolute atomic E-state index is 0. The number of hydrogen-bond acceptors (Lipinski definition) is 4. The van der Waals surface area contributed by atoms with E-state index < -0.39 is 0 Å². The first-order valence-corrected chi connectivity index (χ1v) is 11.5. The molecule has 3 rings (SSSR count). The van der Waals surface area contributed by atoms with Gasteiger partial charge in [-0.25, -0.2) is 0 Å². The Balaban J connectivity index is 0.00000320.